The highest BCUT2D eigenvalue weighted by molar-refractivity contribution is 5.90. The van der Waals surface area contributed by atoms with Crippen molar-refractivity contribution < 1.29 is 18.8 Å². The van der Waals surface area contributed by atoms with E-state index < -0.39 is 6.09 Å². The Balaban J connectivity index is 2.33. The first-order valence-electron chi connectivity index (χ1n) is 6.72. The number of amides is 2. The maximum atomic E-state index is 11.7. The van der Waals surface area contributed by atoms with Gasteiger partial charge < -0.3 is 15.4 Å². The minimum absolute atomic E-state index is 0.0337. The molecular weight excluding hydrogens is 277 g/mol. The molecule has 0 bridgehead atoms. The Bertz CT molecular complexity index is 451. The number of unbranched alkanes of at least 4 members (excludes halogenated alkanes) is 1. The van der Waals surface area contributed by atoms with Gasteiger partial charge in [0.2, 0.25) is 5.91 Å². The van der Waals surface area contributed by atoms with Crippen LogP contribution in [-0.2, 0) is 16.1 Å². The second kappa shape index (κ2) is 9.71. The molecule has 7 heteroatoms. The quantitative estimate of drug-likeness (QED) is 0.507. The van der Waals surface area contributed by atoms with Gasteiger partial charge in [0.05, 0.1) is 0 Å². The molecule has 0 saturated carbocycles. The minimum atomic E-state index is -1.13. The molecule has 0 radical (unpaired) electrons. The summed E-state index contributed by atoms with van der Waals surface area (Å²) < 4.78 is 16.2. The Morgan fingerprint density at radius 2 is 1.90 bits per heavy atom. The van der Waals surface area contributed by atoms with Crippen LogP contribution in [0, 0.1) is 0 Å². The summed E-state index contributed by atoms with van der Waals surface area (Å²) in [5.74, 6) is -0.0353. The number of carbonyl (C=O) groups excluding carboxylic acids is 2. The summed E-state index contributed by atoms with van der Waals surface area (Å²) in [5.41, 5.74) is 2.25. The summed E-state index contributed by atoms with van der Waals surface area (Å²) in [6.45, 7) is 0.864. The molecule has 0 heterocycles. The number of carbonyl (C=O) groups is 2. The Morgan fingerprint density at radius 1 is 1.19 bits per heavy atom. The number of hydrogen-bond donors (Lipinski definition) is 3. The molecule has 6 nitrogen and oxygen atoms in total. The zero-order chi connectivity index (χ0) is 15.5. The van der Waals surface area contributed by atoms with Gasteiger partial charge >= 0.3 is 6.09 Å². The maximum Gasteiger partial charge on any atom is 0.435 e. The number of ether oxygens (including phenoxy) is 1. The van der Waals surface area contributed by atoms with E-state index in [0.717, 1.165) is 24.9 Å². The molecule has 0 aromatic heterocycles. The summed E-state index contributed by atoms with van der Waals surface area (Å²) in [4.78, 5) is 22.2. The van der Waals surface area contributed by atoms with Crippen molar-refractivity contribution >= 4 is 17.7 Å². The van der Waals surface area contributed by atoms with Gasteiger partial charge in [-0.05, 0) is 44.1 Å². The average Bonchev–Trinajstić information content (AvgIpc) is 2.50. The van der Waals surface area contributed by atoms with Crippen LogP contribution in [0.15, 0.2) is 24.3 Å². The van der Waals surface area contributed by atoms with E-state index in [2.05, 4.69) is 15.4 Å². The summed E-state index contributed by atoms with van der Waals surface area (Å²) >= 11 is 0. The van der Waals surface area contributed by atoms with Gasteiger partial charge in [0.25, 0.3) is 0 Å². The van der Waals surface area contributed by atoms with Crippen LogP contribution in [0.3, 0.4) is 0 Å². The van der Waals surface area contributed by atoms with Gasteiger partial charge in [0, 0.05) is 12.1 Å². The molecule has 0 aliphatic rings. The first kappa shape index (κ1) is 16.9. The van der Waals surface area contributed by atoms with E-state index >= 15 is 0 Å². The Kier molecular flexibility index (Phi) is 7.81. The lowest BCUT2D eigenvalue weighted by Gasteiger charge is -2.07. The number of hydrogen-bond acceptors (Lipinski definition) is 4. The van der Waals surface area contributed by atoms with Crippen molar-refractivity contribution in [2.45, 2.75) is 25.9 Å². The van der Waals surface area contributed by atoms with E-state index in [1.165, 1.54) is 0 Å². The topological polar surface area (TPSA) is 79.5 Å². The average molecular weight is 297 g/mol. The van der Waals surface area contributed by atoms with E-state index in [1.807, 2.05) is 7.05 Å². The van der Waals surface area contributed by atoms with Crippen LogP contribution >= 0.6 is 0 Å². The van der Waals surface area contributed by atoms with Crippen LogP contribution in [0.5, 0.6) is 0 Å². The van der Waals surface area contributed by atoms with E-state index in [-0.39, 0.29) is 12.5 Å². The summed E-state index contributed by atoms with van der Waals surface area (Å²) in [6, 6.07) is 6.80. The van der Waals surface area contributed by atoms with Crippen molar-refractivity contribution in [1.82, 2.24) is 10.9 Å². The molecule has 21 heavy (non-hydrogen) atoms. The summed E-state index contributed by atoms with van der Waals surface area (Å²) in [5, 5.41) is 5.81. The van der Waals surface area contributed by atoms with Gasteiger partial charge in [0.15, 0.2) is 0 Å². The molecule has 0 spiro atoms. The zero-order valence-corrected chi connectivity index (χ0v) is 11.9. The van der Waals surface area contributed by atoms with Crippen LogP contribution in [0.2, 0.25) is 0 Å². The van der Waals surface area contributed by atoms with Crippen LogP contribution in [0.1, 0.15) is 24.8 Å². The third-order valence-corrected chi connectivity index (χ3v) is 2.77. The van der Waals surface area contributed by atoms with Crippen molar-refractivity contribution in [3.8, 4) is 0 Å². The lowest BCUT2D eigenvalue weighted by Crippen LogP contribution is -2.15. The molecule has 2 amide bonds. The predicted octanol–water partition coefficient (Wildman–Crippen LogP) is 2.13. The largest absolute Gasteiger partial charge is 0.443 e. The normalized spacial score (nSPS) is 10.0. The fourth-order valence-corrected chi connectivity index (χ4v) is 1.67. The molecule has 1 aromatic rings. The highest BCUT2D eigenvalue weighted by Crippen LogP contribution is 2.11. The molecule has 1 aromatic carbocycles. The number of anilines is 1. The number of rotatable bonds is 8. The second-order valence-corrected chi connectivity index (χ2v) is 4.48. The van der Waals surface area contributed by atoms with E-state index in [9.17, 15) is 14.1 Å². The first-order chi connectivity index (χ1) is 10.2. The van der Waals surface area contributed by atoms with Crippen molar-refractivity contribution in [2.24, 2.45) is 0 Å². The van der Waals surface area contributed by atoms with E-state index in [0.29, 0.717) is 17.7 Å². The summed E-state index contributed by atoms with van der Waals surface area (Å²) in [7, 11) is 1.88. The van der Waals surface area contributed by atoms with E-state index in [4.69, 9.17) is 0 Å². The molecule has 0 atom stereocenters. The van der Waals surface area contributed by atoms with Crippen LogP contribution in [-0.4, -0.2) is 25.6 Å². The maximum absolute atomic E-state index is 11.7. The van der Waals surface area contributed by atoms with Crippen molar-refractivity contribution in [2.75, 3.05) is 18.9 Å². The van der Waals surface area contributed by atoms with Crippen molar-refractivity contribution in [3.05, 3.63) is 29.8 Å². The minimum Gasteiger partial charge on any atom is -0.443 e. The lowest BCUT2D eigenvalue weighted by molar-refractivity contribution is -0.116. The number of halogens is 1. The van der Waals surface area contributed by atoms with Gasteiger partial charge in [-0.2, -0.15) is 5.54 Å². The van der Waals surface area contributed by atoms with Crippen molar-refractivity contribution in [1.29, 1.82) is 0 Å². The molecular formula is C14H20FN3O3. The standard InChI is InChI=1S/C14H20FN3O3/c1-16-9-3-2-4-13(19)17-12-7-5-11(6-8-12)10-21-14(20)18-15/h5-8,16H,2-4,9-10H2,1H3,(H,17,19)(H,18,20). The smallest absolute Gasteiger partial charge is 0.435 e. The van der Waals surface area contributed by atoms with Gasteiger partial charge in [-0.1, -0.05) is 16.6 Å². The van der Waals surface area contributed by atoms with Crippen LogP contribution in [0.4, 0.5) is 15.0 Å². The molecule has 0 fully saturated rings. The molecule has 3 N–H and O–H groups in total. The van der Waals surface area contributed by atoms with Gasteiger partial charge in [-0.3, -0.25) is 4.79 Å². The Labute approximate surface area is 123 Å². The number of benzene rings is 1. The number of nitrogens with one attached hydrogen (secondary N) is 3. The van der Waals surface area contributed by atoms with Crippen molar-refractivity contribution in [3.63, 3.8) is 0 Å². The fourth-order valence-electron chi connectivity index (χ4n) is 1.67. The van der Waals surface area contributed by atoms with Crippen LogP contribution in [0.25, 0.3) is 0 Å². The zero-order valence-electron chi connectivity index (χ0n) is 11.9. The lowest BCUT2D eigenvalue weighted by atomic mass is 10.2. The molecule has 0 unspecified atom stereocenters. The monoisotopic (exact) mass is 297 g/mol. The van der Waals surface area contributed by atoms with Gasteiger partial charge in [-0.15, -0.1) is 0 Å². The van der Waals surface area contributed by atoms with Gasteiger partial charge in [-0.25, -0.2) is 4.79 Å². The molecule has 116 valence electrons. The van der Waals surface area contributed by atoms with Crippen LogP contribution < -0.4 is 16.2 Å². The molecule has 1 rings (SSSR count). The Morgan fingerprint density at radius 3 is 2.52 bits per heavy atom. The Hall–Kier alpha value is -2.15. The van der Waals surface area contributed by atoms with Gasteiger partial charge in [0.1, 0.15) is 6.61 Å². The van der Waals surface area contributed by atoms with E-state index in [1.54, 1.807) is 24.3 Å². The third kappa shape index (κ3) is 7.26. The fraction of sp³-hybridized carbons (Fsp3) is 0.429. The molecule has 0 aliphatic carbocycles. The predicted molar refractivity (Wildman–Crippen MR) is 77.3 cm³/mol. The highest BCUT2D eigenvalue weighted by Gasteiger charge is 2.04. The third-order valence-electron chi connectivity index (χ3n) is 2.77. The SMILES string of the molecule is CNCCCCC(=O)Nc1ccc(COC(=O)NF)cc1. The second-order valence-electron chi connectivity index (χ2n) is 4.48. The molecule has 0 saturated heterocycles. The summed E-state index contributed by atoms with van der Waals surface area (Å²) in [6.07, 6.45) is 1.13. The molecule has 0 aliphatic heterocycles. The highest BCUT2D eigenvalue weighted by atomic mass is 19.2. The first-order valence-corrected chi connectivity index (χ1v) is 6.72.